The van der Waals surface area contributed by atoms with Crippen LogP contribution in [0.4, 0.5) is 0 Å². The van der Waals surface area contributed by atoms with Crippen molar-refractivity contribution in [2.24, 2.45) is 5.73 Å². The molecule has 0 aromatic carbocycles. The maximum absolute atomic E-state index is 9.12. The van der Waals surface area contributed by atoms with E-state index in [4.69, 9.17) is 39.8 Å². The van der Waals surface area contributed by atoms with Crippen molar-refractivity contribution in [1.82, 2.24) is 0 Å². The summed E-state index contributed by atoms with van der Waals surface area (Å²) >= 11 is 1.57. The van der Waals surface area contributed by atoms with Gasteiger partial charge in [0.05, 0.1) is 6.61 Å². The molecule has 28 heavy (non-hydrogen) atoms. The Labute approximate surface area is 166 Å². The lowest BCUT2D eigenvalue weighted by Gasteiger charge is -2.20. The minimum absolute atomic E-state index is 0.0418. The zero-order valence-corrected chi connectivity index (χ0v) is 16.4. The summed E-state index contributed by atoms with van der Waals surface area (Å²) in [6.07, 6.45) is 1.34. The fraction of sp³-hybridized carbons (Fsp3) is 0.368. The number of furan rings is 1. The molecule has 5 N–H and O–H groups in total. The molecule has 0 bridgehead atoms. The summed E-state index contributed by atoms with van der Waals surface area (Å²) in [6, 6.07) is 5.72. The second-order valence-electron chi connectivity index (χ2n) is 6.22. The number of hydrogen-bond donors (Lipinski definition) is 4. The van der Waals surface area contributed by atoms with Crippen LogP contribution in [0.2, 0.25) is 0 Å². The van der Waals surface area contributed by atoms with Gasteiger partial charge in [-0.25, -0.2) is 9.59 Å². The third kappa shape index (κ3) is 9.23. The van der Waals surface area contributed by atoms with E-state index in [-0.39, 0.29) is 6.61 Å². The van der Waals surface area contributed by atoms with Gasteiger partial charge in [0, 0.05) is 12.0 Å². The first kappa shape index (κ1) is 23.2. The monoisotopic (exact) mass is 409 g/mol. The van der Waals surface area contributed by atoms with Gasteiger partial charge in [-0.05, 0) is 55.3 Å². The van der Waals surface area contributed by atoms with E-state index in [2.05, 4.69) is 11.8 Å². The van der Waals surface area contributed by atoms with E-state index in [0.717, 1.165) is 10.8 Å². The zero-order valence-electron chi connectivity index (χ0n) is 15.6. The van der Waals surface area contributed by atoms with Crippen LogP contribution in [0, 0.1) is 18.8 Å². The van der Waals surface area contributed by atoms with Gasteiger partial charge in [0.25, 0.3) is 0 Å². The van der Waals surface area contributed by atoms with E-state index in [9.17, 15) is 0 Å². The van der Waals surface area contributed by atoms with Gasteiger partial charge in [0.1, 0.15) is 5.76 Å². The van der Waals surface area contributed by atoms with Gasteiger partial charge in [-0.15, -0.1) is 11.3 Å². The molecule has 2 aromatic rings. The molecule has 0 saturated carbocycles. The van der Waals surface area contributed by atoms with Gasteiger partial charge in [0.2, 0.25) is 0 Å². The van der Waals surface area contributed by atoms with E-state index in [1.807, 2.05) is 37.4 Å². The van der Waals surface area contributed by atoms with E-state index in [0.29, 0.717) is 25.2 Å². The fourth-order valence-corrected chi connectivity index (χ4v) is 2.53. The maximum Gasteiger partial charge on any atom is 0.414 e. The smallest absolute Gasteiger partial charge is 0.414 e. The summed E-state index contributed by atoms with van der Waals surface area (Å²) in [5.74, 6) is 3.66. The third-order valence-electron chi connectivity index (χ3n) is 3.35. The fourth-order valence-electron chi connectivity index (χ4n) is 1.78. The number of carbonyl (C=O) groups is 2. The SMILES string of the molecule is Cc1csc(OCC#Cc2ccc(CC[C@@](C)(N)CO)o2)c1.O=C(O)C(=O)O. The summed E-state index contributed by atoms with van der Waals surface area (Å²) in [4.78, 5) is 18.2. The molecular weight excluding hydrogens is 386 g/mol. The first-order chi connectivity index (χ1) is 13.1. The molecule has 0 fully saturated rings. The number of aliphatic hydroxyl groups is 1. The number of carboxylic acids is 2. The Balaban J connectivity index is 0.000000568. The van der Waals surface area contributed by atoms with Crippen molar-refractivity contribution in [1.29, 1.82) is 0 Å². The Kier molecular flexibility index (Phi) is 9.24. The molecule has 0 unspecified atom stereocenters. The predicted octanol–water partition coefficient (Wildman–Crippen LogP) is 1.88. The maximum atomic E-state index is 9.12. The largest absolute Gasteiger partial charge is 0.473 e. The molecular formula is C19H23NO7S. The van der Waals surface area contributed by atoms with Gasteiger partial charge in [-0.1, -0.05) is 5.92 Å². The van der Waals surface area contributed by atoms with Crippen LogP contribution < -0.4 is 10.5 Å². The zero-order chi connectivity index (χ0) is 21.2. The standard InChI is InChI=1S/C17H21NO3S.C2H2O4/c1-13-10-16(22-11-13)20-9-3-4-14-5-6-15(21-14)7-8-17(2,18)12-19;3-1(4)2(5)6/h5-6,10-11,19H,7-9,12,18H2,1-2H3;(H,3,4)(H,5,6)/t17-;/m1./s1. The minimum atomic E-state index is -1.82. The molecule has 1 atom stereocenters. The van der Waals surface area contributed by atoms with Crippen LogP contribution >= 0.6 is 11.3 Å². The summed E-state index contributed by atoms with van der Waals surface area (Å²) in [6.45, 7) is 4.14. The molecule has 0 radical (unpaired) electrons. The van der Waals surface area contributed by atoms with Crippen molar-refractivity contribution in [2.45, 2.75) is 32.2 Å². The molecule has 0 saturated heterocycles. The van der Waals surface area contributed by atoms with E-state index in [1.54, 1.807) is 11.3 Å². The quantitative estimate of drug-likeness (QED) is 0.418. The third-order valence-corrected chi connectivity index (χ3v) is 4.31. The van der Waals surface area contributed by atoms with Crippen LogP contribution in [-0.4, -0.2) is 46.0 Å². The van der Waals surface area contributed by atoms with Crippen molar-refractivity contribution in [3.05, 3.63) is 40.7 Å². The van der Waals surface area contributed by atoms with Crippen LogP contribution in [0.25, 0.3) is 0 Å². The molecule has 0 spiro atoms. The number of carboxylic acid groups (broad SMARTS) is 2. The number of thiophene rings is 1. The number of aliphatic carboxylic acids is 2. The highest BCUT2D eigenvalue weighted by Crippen LogP contribution is 2.21. The van der Waals surface area contributed by atoms with Crippen molar-refractivity contribution in [2.75, 3.05) is 13.2 Å². The van der Waals surface area contributed by atoms with Crippen LogP contribution in [-0.2, 0) is 16.0 Å². The van der Waals surface area contributed by atoms with Gasteiger partial charge < -0.3 is 30.2 Å². The molecule has 0 aliphatic carbocycles. The molecule has 8 nitrogen and oxygen atoms in total. The molecule has 2 heterocycles. The van der Waals surface area contributed by atoms with Crippen molar-refractivity contribution >= 4 is 23.3 Å². The lowest BCUT2D eigenvalue weighted by molar-refractivity contribution is -0.159. The van der Waals surface area contributed by atoms with Gasteiger partial charge in [-0.3, -0.25) is 0 Å². The van der Waals surface area contributed by atoms with E-state index >= 15 is 0 Å². The topological polar surface area (TPSA) is 143 Å². The van der Waals surface area contributed by atoms with Crippen molar-refractivity contribution in [3.63, 3.8) is 0 Å². The van der Waals surface area contributed by atoms with Gasteiger partial charge in [-0.2, -0.15) is 0 Å². The highest BCUT2D eigenvalue weighted by Gasteiger charge is 2.17. The first-order valence-corrected chi connectivity index (χ1v) is 9.12. The summed E-state index contributed by atoms with van der Waals surface area (Å²) in [5, 5.41) is 26.8. The van der Waals surface area contributed by atoms with E-state index < -0.39 is 17.5 Å². The molecule has 2 rings (SSSR count). The first-order valence-electron chi connectivity index (χ1n) is 8.24. The summed E-state index contributed by atoms with van der Waals surface area (Å²) in [7, 11) is 0. The molecule has 0 aliphatic heterocycles. The van der Waals surface area contributed by atoms with Crippen LogP contribution in [0.1, 0.15) is 30.4 Å². The number of hydrogen-bond acceptors (Lipinski definition) is 7. The Morgan fingerprint density at radius 3 is 2.54 bits per heavy atom. The number of nitrogens with two attached hydrogens (primary N) is 1. The van der Waals surface area contributed by atoms with E-state index in [1.165, 1.54) is 5.56 Å². The number of aryl methyl sites for hydroxylation is 2. The lowest BCUT2D eigenvalue weighted by Crippen LogP contribution is -2.40. The number of rotatable bonds is 6. The molecule has 9 heteroatoms. The molecule has 0 aliphatic rings. The second kappa shape index (κ2) is 11.1. The Morgan fingerprint density at radius 2 is 2.00 bits per heavy atom. The molecule has 152 valence electrons. The average Bonchev–Trinajstić information content (AvgIpc) is 3.26. The number of ether oxygens (including phenoxy) is 1. The minimum Gasteiger partial charge on any atom is -0.473 e. The van der Waals surface area contributed by atoms with Crippen LogP contribution in [0.15, 0.2) is 28.0 Å². The normalized spacial score (nSPS) is 12.0. The predicted molar refractivity (Wildman–Crippen MR) is 103 cm³/mol. The second-order valence-corrected chi connectivity index (χ2v) is 7.10. The average molecular weight is 409 g/mol. The Morgan fingerprint density at radius 1 is 1.32 bits per heavy atom. The lowest BCUT2D eigenvalue weighted by atomic mass is 9.98. The summed E-state index contributed by atoms with van der Waals surface area (Å²) < 4.78 is 11.1. The summed E-state index contributed by atoms with van der Waals surface area (Å²) in [5.41, 5.74) is 6.51. The Hall–Kier alpha value is -2.80. The van der Waals surface area contributed by atoms with Crippen LogP contribution in [0.3, 0.4) is 0 Å². The molecule has 2 aromatic heterocycles. The van der Waals surface area contributed by atoms with Crippen molar-refractivity contribution in [3.8, 4) is 16.9 Å². The Bertz CT molecular complexity index is 830. The highest BCUT2D eigenvalue weighted by molar-refractivity contribution is 7.12. The van der Waals surface area contributed by atoms with Crippen LogP contribution in [0.5, 0.6) is 5.06 Å². The number of aliphatic hydroxyl groups excluding tert-OH is 1. The highest BCUT2D eigenvalue weighted by atomic mass is 32.1. The van der Waals surface area contributed by atoms with Crippen molar-refractivity contribution < 1.29 is 34.1 Å². The van der Waals surface area contributed by atoms with Gasteiger partial charge in [0.15, 0.2) is 17.4 Å². The molecule has 0 amide bonds. The van der Waals surface area contributed by atoms with Gasteiger partial charge >= 0.3 is 11.9 Å².